The van der Waals surface area contributed by atoms with Crippen LogP contribution in [0.15, 0.2) is 34.9 Å². The van der Waals surface area contributed by atoms with Gasteiger partial charge in [-0.3, -0.25) is 14.5 Å². The number of rotatable bonds is 5. The molecule has 4 bridgehead atoms. The first-order chi connectivity index (χ1) is 16.8. The molecular weight excluding hydrogens is 440 g/mol. The molecule has 4 aliphatic carbocycles. The first-order valence-electron chi connectivity index (χ1n) is 13.1. The van der Waals surface area contributed by atoms with Crippen LogP contribution in [0.1, 0.15) is 55.4 Å². The molecular formula is C28H36N4O3. The molecule has 1 aliphatic heterocycles. The molecule has 2 unspecified atom stereocenters. The first kappa shape index (κ1) is 22.8. The summed E-state index contributed by atoms with van der Waals surface area (Å²) >= 11 is 0. The second-order valence-corrected chi connectivity index (χ2v) is 11.8. The Balaban J connectivity index is 1.11. The summed E-state index contributed by atoms with van der Waals surface area (Å²) in [6.45, 7) is 7.10. The Labute approximate surface area is 207 Å². The molecule has 35 heavy (non-hydrogen) atoms. The standard InChI is InChI=1S/C28H36N4O3/c1-19-3-5-23(6-4-19)27-13-21-12-22(14-27)16-28(15-21,18-27)26(34)32-9-7-31(8-10-32)17-25(33)29-24-11-20(2)35-30-24/h3-6,11,21-22H,7-10,12-18H2,1-2H3,(H,29,30,33). The van der Waals surface area contributed by atoms with E-state index in [1.165, 1.54) is 30.4 Å². The number of carbonyl (C=O) groups is 2. The second kappa shape index (κ2) is 8.47. The number of aryl methyl sites for hydroxylation is 2. The van der Waals surface area contributed by atoms with Crippen LogP contribution in [0.25, 0.3) is 0 Å². The minimum atomic E-state index is -0.195. The molecule has 0 spiro atoms. The van der Waals surface area contributed by atoms with Gasteiger partial charge in [-0.05, 0) is 75.2 Å². The van der Waals surface area contributed by atoms with Crippen LogP contribution in [-0.2, 0) is 15.0 Å². The third-order valence-electron chi connectivity index (χ3n) is 9.10. The van der Waals surface area contributed by atoms with Gasteiger partial charge >= 0.3 is 0 Å². The third-order valence-corrected chi connectivity index (χ3v) is 9.10. The molecule has 7 nitrogen and oxygen atoms in total. The maximum absolute atomic E-state index is 14.1. The van der Waals surface area contributed by atoms with Crippen molar-refractivity contribution in [1.29, 1.82) is 0 Å². The highest BCUT2D eigenvalue weighted by Crippen LogP contribution is 2.66. The Hall–Kier alpha value is -2.67. The summed E-state index contributed by atoms with van der Waals surface area (Å²) < 4.78 is 5.01. The number of carbonyl (C=O) groups excluding carboxylic acids is 2. The van der Waals surface area contributed by atoms with E-state index in [9.17, 15) is 9.59 Å². The molecule has 186 valence electrons. The van der Waals surface area contributed by atoms with Gasteiger partial charge in [0.15, 0.2) is 5.82 Å². The summed E-state index contributed by atoms with van der Waals surface area (Å²) in [6, 6.07) is 10.8. The number of nitrogens with zero attached hydrogens (tertiary/aromatic N) is 3. The monoisotopic (exact) mass is 476 g/mol. The molecule has 1 aromatic heterocycles. The Morgan fingerprint density at radius 1 is 1.03 bits per heavy atom. The smallest absolute Gasteiger partial charge is 0.239 e. The fourth-order valence-corrected chi connectivity index (χ4v) is 8.01. The van der Waals surface area contributed by atoms with E-state index in [2.05, 4.69) is 51.5 Å². The van der Waals surface area contributed by atoms with Crippen molar-refractivity contribution < 1.29 is 14.1 Å². The van der Waals surface area contributed by atoms with E-state index < -0.39 is 0 Å². The van der Waals surface area contributed by atoms with Crippen molar-refractivity contribution in [1.82, 2.24) is 15.0 Å². The molecule has 1 saturated heterocycles. The molecule has 1 N–H and O–H groups in total. The quantitative estimate of drug-likeness (QED) is 0.708. The van der Waals surface area contributed by atoms with E-state index >= 15 is 0 Å². The minimum Gasteiger partial charge on any atom is -0.360 e. The van der Waals surface area contributed by atoms with Gasteiger partial charge in [0.25, 0.3) is 0 Å². The number of nitrogens with one attached hydrogen (secondary N) is 1. The average Bonchev–Trinajstić information content (AvgIpc) is 3.23. The lowest BCUT2D eigenvalue weighted by atomic mass is 9.42. The zero-order valence-corrected chi connectivity index (χ0v) is 20.9. The van der Waals surface area contributed by atoms with Gasteiger partial charge in [0.2, 0.25) is 11.8 Å². The Morgan fingerprint density at radius 2 is 1.71 bits per heavy atom. The minimum absolute atomic E-state index is 0.0980. The van der Waals surface area contributed by atoms with Gasteiger partial charge in [-0.1, -0.05) is 35.0 Å². The Morgan fingerprint density at radius 3 is 2.34 bits per heavy atom. The highest BCUT2D eigenvalue weighted by Gasteiger charge is 2.61. The largest absolute Gasteiger partial charge is 0.360 e. The number of piperazine rings is 1. The molecule has 2 heterocycles. The number of amides is 2. The summed E-state index contributed by atoms with van der Waals surface area (Å²) in [7, 11) is 0. The van der Waals surface area contributed by atoms with Crippen molar-refractivity contribution in [3.8, 4) is 0 Å². The predicted molar refractivity (Wildman–Crippen MR) is 133 cm³/mol. The highest BCUT2D eigenvalue weighted by atomic mass is 16.5. The fourth-order valence-electron chi connectivity index (χ4n) is 8.01. The van der Waals surface area contributed by atoms with Crippen molar-refractivity contribution in [2.45, 2.75) is 57.8 Å². The second-order valence-electron chi connectivity index (χ2n) is 11.8. The number of hydrogen-bond acceptors (Lipinski definition) is 5. The lowest BCUT2D eigenvalue weighted by Crippen LogP contribution is -2.61. The van der Waals surface area contributed by atoms with E-state index in [4.69, 9.17) is 4.52 Å². The molecule has 2 atom stereocenters. The van der Waals surface area contributed by atoms with E-state index in [0.717, 1.165) is 32.4 Å². The van der Waals surface area contributed by atoms with Gasteiger partial charge in [-0.15, -0.1) is 0 Å². The molecule has 2 aromatic rings. The van der Waals surface area contributed by atoms with Gasteiger partial charge in [-0.2, -0.15) is 0 Å². The topological polar surface area (TPSA) is 78.7 Å². The van der Waals surface area contributed by atoms with Crippen LogP contribution in [0, 0.1) is 31.1 Å². The van der Waals surface area contributed by atoms with Crippen molar-refractivity contribution in [2.75, 3.05) is 38.0 Å². The number of benzene rings is 1. The van der Waals surface area contributed by atoms with Crippen LogP contribution in [0.4, 0.5) is 5.82 Å². The maximum atomic E-state index is 14.1. The van der Waals surface area contributed by atoms with E-state index in [-0.39, 0.29) is 16.7 Å². The van der Waals surface area contributed by atoms with Gasteiger partial charge in [0.05, 0.1) is 12.0 Å². The first-order valence-corrected chi connectivity index (χ1v) is 13.1. The number of aromatic nitrogens is 1. The van der Waals surface area contributed by atoms with Crippen LogP contribution in [0.5, 0.6) is 0 Å². The number of hydrogen-bond donors (Lipinski definition) is 1. The third kappa shape index (κ3) is 4.18. The van der Waals surface area contributed by atoms with E-state index in [1.807, 2.05) is 0 Å². The summed E-state index contributed by atoms with van der Waals surface area (Å²) in [6.07, 6.45) is 6.93. The summed E-state index contributed by atoms with van der Waals surface area (Å²) in [5, 5.41) is 6.62. The summed E-state index contributed by atoms with van der Waals surface area (Å²) in [5.41, 5.74) is 2.73. The van der Waals surface area contributed by atoms with Crippen molar-refractivity contribution in [3.05, 3.63) is 47.2 Å². The van der Waals surface area contributed by atoms with Crippen LogP contribution in [0.2, 0.25) is 0 Å². The highest BCUT2D eigenvalue weighted by molar-refractivity contribution is 5.91. The molecule has 1 aromatic carbocycles. The lowest BCUT2D eigenvalue weighted by Gasteiger charge is -2.62. The molecule has 7 heteroatoms. The normalized spacial score (nSPS) is 32.1. The van der Waals surface area contributed by atoms with Crippen molar-refractivity contribution in [3.63, 3.8) is 0 Å². The van der Waals surface area contributed by atoms with Gasteiger partial charge in [-0.25, -0.2) is 0 Å². The van der Waals surface area contributed by atoms with E-state index in [0.29, 0.717) is 49.0 Å². The lowest BCUT2D eigenvalue weighted by molar-refractivity contribution is -0.162. The molecule has 5 aliphatic rings. The Kier molecular flexibility index (Phi) is 5.51. The van der Waals surface area contributed by atoms with E-state index in [1.54, 1.807) is 13.0 Å². The molecule has 7 rings (SSSR count). The molecule has 2 amide bonds. The molecule has 5 fully saturated rings. The predicted octanol–water partition coefficient (Wildman–Crippen LogP) is 3.91. The van der Waals surface area contributed by atoms with Crippen LogP contribution in [0.3, 0.4) is 0 Å². The zero-order valence-electron chi connectivity index (χ0n) is 20.9. The zero-order chi connectivity index (χ0) is 24.2. The van der Waals surface area contributed by atoms with Gasteiger partial charge < -0.3 is 14.7 Å². The van der Waals surface area contributed by atoms with Gasteiger partial charge in [0.1, 0.15) is 5.76 Å². The van der Waals surface area contributed by atoms with Crippen LogP contribution >= 0.6 is 0 Å². The summed E-state index contributed by atoms with van der Waals surface area (Å²) in [4.78, 5) is 30.7. The Bertz CT molecular complexity index is 1100. The number of anilines is 1. The average molecular weight is 477 g/mol. The van der Waals surface area contributed by atoms with Crippen molar-refractivity contribution in [2.24, 2.45) is 17.3 Å². The maximum Gasteiger partial charge on any atom is 0.239 e. The SMILES string of the molecule is Cc1ccc(C23CC4CC(CC(C(=O)N5CCN(CC(=O)Nc6cc(C)on6)CC5)(C4)C2)C3)cc1. The van der Waals surface area contributed by atoms with Crippen LogP contribution < -0.4 is 5.32 Å². The van der Waals surface area contributed by atoms with Gasteiger partial charge in [0, 0.05) is 32.2 Å². The van der Waals surface area contributed by atoms with Crippen LogP contribution in [-0.4, -0.2) is 59.5 Å². The van der Waals surface area contributed by atoms with Crippen molar-refractivity contribution >= 4 is 17.6 Å². The molecule has 0 radical (unpaired) electrons. The fraction of sp³-hybridized carbons (Fsp3) is 0.607. The molecule has 4 saturated carbocycles. The summed E-state index contributed by atoms with van der Waals surface area (Å²) in [5.74, 6) is 2.75.